The number of hydrogen-bond donors (Lipinski definition) is 1. The van der Waals surface area contributed by atoms with Crippen molar-refractivity contribution in [3.63, 3.8) is 0 Å². The molecule has 0 amide bonds. The third kappa shape index (κ3) is 2.08. The summed E-state index contributed by atoms with van der Waals surface area (Å²) in [5.74, 6) is 0. The van der Waals surface area contributed by atoms with Crippen molar-refractivity contribution in [2.45, 2.75) is 13.3 Å². The summed E-state index contributed by atoms with van der Waals surface area (Å²) < 4.78 is 1.11. The Balaban J connectivity index is 2.10. The normalized spacial score (nSPS) is 11.0. The Hall–Kier alpha value is -1.54. The first-order valence-electron chi connectivity index (χ1n) is 6.14. The molecule has 90 valence electrons. The number of aryl methyl sites for hydroxylation is 1. The molecule has 0 atom stereocenters. The number of hydrogen-bond acceptors (Lipinski definition) is 0. The van der Waals surface area contributed by atoms with Crippen molar-refractivity contribution in [2.75, 3.05) is 0 Å². The molecule has 0 saturated heterocycles. The van der Waals surface area contributed by atoms with Crippen LogP contribution >= 0.6 is 15.9 Å². The number of halogens is 1. The predicted octanol–water partition coefficient (Wildman–Crippen LogP) is 5.16. The molecular weight excluding hydrogens is 286 g/mol. The van der Waals surface area contributed by atoms with Crippen LogP contribution in [0.25, 0.3) is 22.2 Å². The maximum Gasteiger partial charge on any atom is 0.0464 e. The van der Waals surface area contributed by atoms with E-state index in [9.17, 15) is 0 Å². The van der Waals surface area contributed by atoms with Crippen molar-refractivity contribution >= 4 is 26.8 Å². The highest BCUT2D eigenvalue weighted by Crippen LogP contribution is 2.26. The van der Waals surface area contributed by atoms with Crippen molar-refractivity contribution in [1.29, 1.82) is 0 Å². The van der Waals surface area contributed by atoms with Crippen molar-refractivity contribution in [3.8, 4) is 11.3 Å². The topological polar surface area (TPSA) is 15.8 Å². The summed E-state index contributed by atoms with van der Waals surface area (Å²) in [6.07, 6.45) is 1.08. The summed E-state index contributed by atoms with van der Waals surface area (Å²) in [4.78, 5) is 3.47. The van der Waals surface area contributed by atoms with Gasteiger partial charge >= 0.3 is 0 Å². The summed E-state index contributed by atoms with van der Waals surface area (Å²) in [7, 11) is 0. The van der Waals surface area contributed by atoms with E-state index >= 15 is 0 Å². The molecule has 1 heterocycles. The lowest BCUT2D eigenvalue weighted by atomic mass is 10.1. The van der Waals surface area contributed by atoms with E-state index in [1.165, 1.54) is 27.7 Å². The molecule has 0 aliphatic rings. The van der Waals surface area contributed by atoms with Gasteiger partial charge in [-0.05, 0) is 47.9 Å². The van der Waals surface area contributed by atoms with E-state index < -0.39 is 0 Å². The molecule has 0 bridgehead atoms. The smallest absolute Gasteiger partial charge is 0.0464 e. The van der Waals surface area contributed by atoms with Crippen LogP contribution in [0.2, 0.25) is 0 Å². The maximum absolute atomic E-state index is 3.47. The lowest BCUT2D eigenvalue weighted by Crippen LogP contribution is -1.77. The Kier molecular flexibility index (Phi) is 2.96. The van der Waals surface area contributed by atoms with Gasteiger partial charge < -0.3 is 4.98 Å². The predicted molar refractivity (Wildman–Crippen MR) is 80.8 cm³/mol. The van der Waals surface area contributed by atoms with Crippen molar-refractivity contribution in [3.05, 3.63) is 58.6 Å². The monoisotopic (exact) mass is 299 g/mol. The second-order valence-electron chi connectivity index (χ2n) is 4.47. The highest BCUT2D eigenvalue weighted by Gasteiger charge is 2.03. The second kappa shape index (κ2) is 4.62. The molecule has 3 aromatic rings. The summed E-state index contributed by atoms with van der Waals surface area (Å²) >= 11 is 3.46. The molecule has 0 aliphatic heterocycles. The van der Waals surface area contributed by atoms with Gasteiger partial charge in [-0.25, -0.2) is 0 Å². The molecule has 2 aromatic carbocycles. The number of aromatic nitrogens is 1. The summed E-state index contributed by atoms with van der Waals surface area (Å²) in [5, 5.41) is 1.28. The molecule has 0 fully saturated rings. The first-order chi connectivity index (χ1) is 8.76. The number of aromatic amines is 1. The Morgan fingerprint density at radius 1 is 1.00 bits per heavy atom. The van der Waals surface area contributed by atoms with Gasteiger partial charge in [0.2, 0.25) is 0 Å². The van der Waals surface area contributed by atoms with Gasteiger partial charge in [-0.2, -0.15) is 0 Å². The fourth-order valence-electron chi connectivity index (χ4n) is 2.19. The van der Waals surface area contributed by atoms with Crippen LogP contribution < -0.4 is 0 Å². The molecule has 2 heteroatoms. The van der Waals surface area contributed by atoms with Gasteiger partial charge in [-0.15, -0.1) is 0 Å². The minimum atomic E-state index is 1.08. The van der Waals surface area contributed by atoms with Crippen LogP contribution in [-0.4, -0.2) is 4.98 Å². The van der Waals surface area contributed by atoms with E-state index in [2.05, 4.69) is 76.4 Å². The van der Waals surface area contributed by atoms with Crippen LogP contribution in [0.5, 0.6) is 0 Å². The average Bonchev–Trinajstić information content (AvgIpc) is 2.82. The zero-order chi connectivity index (χ0) is 12.5. The van der Waals surface area contributed by atoms with Crippen molar-refractivity contribution in [1.82, 2.24) is 4.98 Å². The average molecular weight is 300 g/mol. The van der Waals surface area contributed by atoms with E-state index in [4.69, 9.17) is 0 Å². The highest BCUT2D eigenvalue weighted by molar-refractivity contribution is 9.10. The minimum Gasteiger partial charge on any atom is -0.355 e. The van der Waals surface area contributed by atoms with Gasteiger partial charge in [0.1, 0.15) is 0 Å². The molecule has 1 aromatic heterocycles. The minimum absolute atomic E-state index is 1.08. The third-order valence-electron chi connectivity index (χ3n) is 3.25. The molecule has 1 nitrogen and oxygen atoms in total. The zero-order valence-corrected chi connectivity index (χ0v) is 11.8. The number of benzene rings is 2. The van der Waals surface area contributed by atoms with Gasteiger partial charge in [0.05, 0.1) is 0 Å². The number of fused-ring (bicyclic) bond motifs is 1. The summed E-state index contributed by atoms with van der Waals surface area (Å²) in [6, 6.07) is 17.2. The molecule has 3 rings (SSSR count). The molecule has 0 saturated carbocycles. The Morgan fingerprint density at radius 2 is 1.78 bits per heavy atom. The van der Waals surface area contributed by atoms with E-state index in [1.807, 2.05) is 0 Å². The van der Waals surface area contributed by atoms with Gasteiger partial charge in [0, 0.05) is 21.1 Å². The molecule has 0 unspecified atom stereocenters. The fourth-order valence-corrected chi connectivity index (χ4v) is 2.45. The van der Waals surface area contributed by atoms with Gasteiger partial charge in [0.25, 0.3) is 0 Å². The maximum atomic E-state index is 3.47. The number of H-pyrrole nitrogens is 1. The van der Waals surface area contributed by atoms with Crippen LogP contribution in [0.4, 0.5) is 0 Å². The Bertz CT molecular complexity index is 680. The summed E-state index contributed by atoms with van der Waals surface area (Å²) in [6.45, 7) is 2.18. The quantitative estimate of drug-likeness (QED) is 0.673. The molecule has 0 spiro atoms. The van der Waals surface area contributed by atoms with Crippen molar-refractivity contribution in [2.24, 2.45) is 0 Å². The summed E-state index contributed by atoms with van der Waals surface area (Å²) in [5.41, 5.74) is 4.96. The number of rotatable bonds is 2. The third-order valence-corrected chi connectivity index (χ3v) is 3.78. The highest BCUT2D eigenvalue weighted by atomic mass is 79.9. The molecular formula is C16H14BrN. The molecule has 1 N–H and O–H groups in total. The van der Waals surface area contributed by atoms with Crippen molar-refractivity contribution < 1.29 is 0 Å². The number of nitrogens with one attached hydrogen (secondary N) is 1. The first-order valence-corrected chi connectivity index (χ1v) is 6.93. The van der Waals surface area contributed by atoms with Gasteiger partial charge in [0.15, 0.2) is 0 Å². The largest absolute Gasteiger partial charge is 0.355 e. The SMILES string of the molecule is CCc1ccc2[nH]c(-c3ccc(Br)cc3)cc2c1. The molecule has 0 aliphatic carbocycles. The molecule has 0 radical (unpaired) electrons. The Morgan fingerprint density at radius 3 is 2.50 bits per heavy atom. The van der Waals surface area contributed by atoms with E-state index in [-0.39, 0.29) is 0 Å². The van der Waals surface area contributed by atoms with Crippen LogP contribution in [0.15, 0.2) is 53.0 Å². The van der Waals surface area contributed by atoms with Crippen LogP contribution in [0, 0.1) is 0 Å². The van der Waals surface area contributed by atoms with Crippen LogP contribution in [0.1, 0.15) is 12.5 Å². The van der Waals surface area contributed by atoms with E-state index in [0.29, 0.717) is 0 Å². The first kappa shape index (κ1) is 11.5. The Labute approximate surface area is 115 Å². The van der Waals surface area contributed by atoms with E-state index in [0.717, 1.165) is 10.9 Å². The van der Waals surface area contributed by atoms with Gasteiger partial charge in [-0.1, -0.05) is 41.1 Å². The van der Waals surface area contributed by atoms with E-state index in [1.54, 1.807) is 0 Å². The van der Waals surface area contributed by atoms with Crippen LogP contribution in [-0.2, 0) is 6.42 Å². The fraction of sp³-hybridized carbons (Fsp3) is 0.125. The standard InChI is InChI=1S/C16H14BrN/c1-2-11-3-8-15-13(9-11)10-16(18-15)12-4-6-14(17)7-5-12/h3-10,18H,2H2,1H3. The lowest BCUT2D eigenvalue weighted by molar-refractivity contribution is 1.15. The van der Waals surface area contributed by atoms with Crippen LogP contribution in [0.3, 0.4) is 0 Å². The lowest BCUT2D eigenvalue weighted by Gasteiger charge is -1.97. The zero-order valence-electron chi connectivity index (χ0n) is 10.2. The van der Waals surface area contributed by atoms with Gasteiger partial charge in [-0.3, -0.25) is 0 Å². The molecule has 18 heavy (non-hydrogen) atoms. The second-order valence-corrected chi connectivity index (χ2v) is 5.38.